The van der Waals surface area contributed by atoms with Crippen molar-refractivity contribution in [2.75, 3.05) is 20.3 Å². The van der Waals surface area contributed by atoms with Gasteiger partial charge in [-0.05, 0) is 18.6 Å². The van der Waals surface area contributed by atoms with Crippen LogP contribution in [-0.2, 0) is 4.74 Å². The first-order valence-electron chi connectivity index (χ1n) is 4.60. The number of pyridine rings is 1. The number of hydrogen-bond donors (Lipinski definition) is 1. The lowest BCUT2D eigenvalue weighted by Crippen LogP contribution is -2.16. The molecule has 0 saturated carbocycles. The average Bonchev–Trinajstić information content (AvgIpc) is 2.19. The van der Waals surface area contributed by atoms with Crippen LogP contribution in [0.5, 0.6) is 5.75 Å². The monoisotopic (exact) mass is 196 g/mol. The molecule has 0 aliphatic rings. The Kier molecular flexibility index (Phi) is 4.35. The fraction of sp³-hybridized carbons (Fsp3) is 0.500. The number of aromatic nitrogens is 1. The molecule has 4 heteroatoms. The standard InChI is InChI=1S/C10H16N2O2/c1-3-14-9-4-8(5-12-6-9)10(11)7-13-2/h4-6,10H,3,7,11H2,1-2H3. The number of ether oxygens (including phenoxy) is 2. The Morgan fingerprint density at radius 1 is 1.50 bits per heavy atom. The Labute approximate surface area is 84.0 Å². The molecule has 0 bridgehead atoms. The fourth-order valence-electron chi connectivity index (χ4n) is 1.16. The van der Waals surface area contributed by atoms with Gasteiger partial charge in [-0.15, -0.1) is 0 Å². The van der Waals surface area contributed by atoms with Crippen LogP contribution in [0, 0.1) is 0 Å². The summed E-state index contributed by atoms with van der Waals surface area (Å²) in [4.78, 5) is 4.05. The molecule has 78 valence electrons. The lowest BCUT2D eigenvalue weighted by Gasteiger charge is -2.11. The van der Waals surface area contributed by atoms with Crippen molar-refractivity contribution in [3.05, 3.63) is 24.0 Å². The van der Waals surface area contributed by atoms with Gasteiger partial charge in [-0.1, -0.05) is 0 Å². The van der Waals surface area contributed by atoms with E-state index in [1.807, 2.05) is 13.0 Å². The van der Waals surface area contributed by atoms with Gasteiger partial charge in [0.25, 0.3) is 0 Å². The lowest BCUT2D eigenvalue weighted by atomic mass is 10.1. The number of hydrogen-bond acceptors (Lipinski definition) is 4. The normalized spacial score (nSPS) is 12.5. The van der Waals surface area contributed by atoms with Crippen LogP contribution in [-0.4, -0.2) is 25.3 Å². The van der Waals surface area contributed by atoms with Gasteiger partial charge in [0.1, 0.15) is 5.75 Å². The molecule has 4 nitrogen and oxygen atoms in total. The molecule has 2 N–H and O–H groups in total. The maximum Gasteiger partial charge on any atom is 0.137 e. The molecule has 0 amide bonds. The van der Waals surface area contributed by atoms with Gasteiger partial charge in [0, 0.05) is 13.3 Å². The average molecular weight is 196 g/mol. The minimum absolute atomic E-state index is 0.145. The van der Waals surface area contributed by atoms with E-state index in [2.05, 4.69) is 4.98 Å². The van der Waals surface area contributed by atoms with Crippen LogP contribution in [0.3, 0.4) is 0 Å². The van der Waals surface area contributed by atoms with Gasteiger partial charge in [-0.2, -0.15) is 0 Å². The third-order valence-corrected chi connectivity index (χ3v) is 1.82. The van der Waals surface area contributed by atoms with Crippen LogP contribution in [0.25, 0.3) is 0 Å². The summed E-state index contributed by atoms with van der Waals surface area (Å²) in [5.74, 6) is 0.747. The minimum Gasteiger partial charge on any atom is -0.492 e. The highest BCUT2D eigenvalue weighted by molar-refractivity contribution is 5.25. The van der Waals surface area contributed by atoms with E-state index in [9.17, 15) is 0 Å². The van der Waals surface area contributed by atoms with Crippen molar-refractivity contribution in [1.29, 1.82) is 0 Å². The van der Waals surface area contributed by atoms with E-state index in [-0.39, 0.29) is 6.04 Å². The zero-order valence-corrected chi connectivity index (χ0v) is 8.56. The van der Waals surface area contributed by atoms with E-state index in [0.717, 1.165) is 11.3 Å². The minimum atomic E-state index is -0.145. The quantitative estimate of drug-likeness (QED) is 0.766. The van der Waals surface area contributed by atoms with E-state index in [1.54, 1.807) is 19.5 Å². The number of methoxy groups -OCH3 is 1. The molecule has 1 aromatic heterocycles. The molecular weight excluding hydrogens is 180 g/mol. The highest BCUT2D eigenvalue weighted by Gasteiger charge is 2.06. The first-order chi connectivity index (χ1) is 6.77. The molecular formula is C10H16N2O2. The third-order valence-electron chi connectivity index (χ3n) is 1.82. The molecule has 1 rings (SSSR count). The molecule has 0 radical (unpaired) electrons. The number of rotatable bonds is 5. The van der Waals surface area contributed by atoms with Crippen molar-refractivity contribution in [1.82, 2.24) is 4.98 Å². The molecule has 0 aromatic carbocycles. The zero-order valence-electron chi connectivity index (χ0n) is 8.56. The van der Waals surface area contributed by atoms with Crippen molar-refractivity contribution < 1.29 is 9.47 Å². The van der Waals surface area contributed by atoms with Gasteiger partial charge < -0.3 is 15.2 Å². The van der Waals surface area contributed by atoms with Crippen LogP contribution >= 0.6 is 0 Å². The highest BCUT2D eigenvalue weighted by Crippen LogP contribution is 2.16. The van der Waals surface area contributed by atoms with Crippen LogP contribution in [0.15, 0.2) is 18.5 Å². The van der Waals surface area contributed by atoms with E-state index >= 15 is 0 Å². The molecule has 0 aliphatic heterocycles. The second-order valence-electron chi connectivity index (χ2n) is 2.95. The molecule has 0 fully saturated rings. The molecule has 0 aliphatic carbocycles. The summed E-state index contributed by atoms with van der Waals surface area (Å²) < 4.78 is 10.3. The largest absolute Gasteiger partial charge is 0.492 e. The summed E-state index contributed by atoms with van der Waals surface area (Å²) in [6, 6.07) is 1.74. The lowest BCUT2D eigenvalue weighted by molar-refractivity contribution is 0.180. The van der Waals surface area contributed by atoms with Crippen molar-refractivity contribution in [2.24, 2.45) is 5.73 Å². The van der Waals surface area contributed by atoms with E-state index in [0.29, 0.717) is 13.2 Å². The van der Waals surface area contributed by atoms with E-state index in [1.165, 1.54) is 0 Å². The van der Waals surface area contributed by atoms with Crippen molar-refractivity contribution in [3.63, 3.8) is 0 Å². The molecule has 0 saturated heterocycles. The van der Waals surface area contributed by atoms with Crippen LogP contribution in [0.4, 0.5) is 0 Å². The molecule has 1 unspecified atom stereocenters. The van der Waals surface area contributed by atoms with Crippen molar-refractivity contribution >= 4 is 0 Å². The van der Waals surface area contributed by atoms with Gasteiger partial charge in [-0.25, -0.2) is 0 Å². The molecule has 1 atom stereocenters. The number of nitrogens with two attached hydrogens (primary N) is 1. The van der Waals surface area contributed by atoms with E-state index < -0.39 is 0 Å². The zero-order chi connectivity index (χ0) is 10.4. The van der Waals surface area contributed by atoms with Gasteiger partial charge in [0.15, 0.2) is 0 Å². The fourth-order valence-corrected chi connectivity index (χ4v) is 1.16. The number of nitrogens with zero attached hydrogens (tertiary/aromatic N) is 1. The molecule has 14 heavy (non-hydrogen) atoms. The van der Waals surface area contributed by atoms with Crippen molar-refractivity contribution in [2.45, 2.75) is 13.0 Å². The summed E-state index contributed by atoms with van der Waals surface area (Å²) >= 11 is 0. The van der Waals surface area contributed by atoms with Gasteiger partial charge >= 0.3 is 0 Å². The predicted octanol–water partition coefficient (Wildman–Crippen LogP) is 1.13. The first-order valence-corrected chi connectivity index (χ1v) is 4.60. The maximum atomic E-state index is 5.85. The molecule has 1 heterocycles. The van der Waals surface area contributed by atoms with Gasteiger partial charge in [0.2, 0.25) is 0 Å². The Bertz CT molecular complexity index is 279. The first kappa shape index (κ1) is 10.9. The van der Waals surface area contributed by atoms with E-state index in [4.69, 9.17) is 15.2 Å². The Hall–Kier alpha value is -1.13. The predicted molar refractivity (Wildman–Crippen MR) is 54.2 cm³/mol. The second kappa shape index (κ2) is 5.57. The molecule has 0 spiro atoms. The van der Waals surface area contributed by atoms with Gasteiger partial charge in [0.05, 0.1) is 25.5 Å². The summed E-state index contributed by atoms with van der Waals surface area (Å²) in [5.41, 5.74) is 6.78. The summed E-state index contributed by atoms with van der Waals surface area (Å²) in [7, 11) is 1.62. The summed E-state index contributed by atoms with van der Waals surface area (Å²) in [6.45, 7) is 3.05. The highest BCUT2D eigenvalue weighted by atomic mass is 16.5. The van der Waals surface area contributed by atoms with Crippen LogP contribution < -0.4 is 10.5 Å². The third kappa shape index (κ3) is 2.97. The smallest absolute Gasteiger partial charge is 0.137 e. The Morgan fingerprint density at radius 2 is 2.29 bits per heavy atom. The van der Waals surface area contributed by atoms with Crippen molar-refractivity contribution in [3.8, 4) is 5.75 Å². The Morgan fingerprint density at radius 3 is 2.93 bits per heavy atom. The molecule has 1 aromatic rings. The summed E-state index contributed by atoms with van der Waals surface area (Å²) in [5, 5.41) is 0. The Balaban J connectivity index is 2.71. The summed E-state index contributed by atoms with van der Waals surface area (Å²) in [6.07, 6.45) is 3.40. The van der Waals surface area contributed by atoms with Crippen LogP contribution in [0.1, 0.15) is 18.5 Å². The van der Waals surface area contributed by atoms with Gasteiger partial charge in [-0.3, -0.25) is 4.98 Å². The maximum absolute atomic E-state index is 5.85. The second-order valence-corrected chi connectivity index (χ2v) is 2.95. The topological polar surface area (TPSA) is 57.4 Å². The van der Waals surface area contributed by atoms with Crippen LogP contribution in [0.2, 0.25) is 0 Å². The SMILES string of the molecule is CCOc1cncc(C(N)COC)c1.